The van der Waals surface area contributed by atoms with Crippen LogP contribution in [0.15, 0.2) is 72.1 Å². The molecule has 0 aliphatic carbocycles. The smallest absolute Gasteiger partial charge is 0.175 e. The van der Waals surface area contributed by atoms with Gasteiger partial charge >= 0.3 is 0 Å². The minimum atomic E-state index is 0.795. The van der Waals surface area contributed by atoms with Crippen LogP contribution in [0.5, 0.6) is 0 Å². The quantitative estimate of drug-likeness (QED) is 0.737. The lowest BCUT2D eigenvalue weighted by atomic mass is 10.0. The number of hydrogen-bond acceptors (Lipinski definition) is 4. The molecule has 3 aromatic rings. The minimum absolute atomic E-state index is 0.795. The van der Waals surface area contributed by atoms with E-state index in [1.165, 1.54) is 16.7 Å². The first-order chi connectivity index (χ1) is 11.4. The molecule has 0 unspecified atom stereocenters. The molecule has 0 atom stereocenters. The number of pyridine rings is 2. The fourth-order valence-corrected chi connectivity index (χ4v) is 2.82. The van der Waals surface area contributed by atoms with Crippen molar-refractivity contribution >= 4 is 17.7 Å². The van der Waals surface area contributed by atoms with Gasteiger partial charge in [0, 0.05) is 31.3 Å². The van der Waals surface area contributed by atoms with Crippen LogP contribution >= 0.6 is 0 Å². The van der Waals surface area contributed by atoms with Gasteiger partial charge in [0.05, 0.1) is 12.2 Å². The summed E-state index contributed by atoms with van der Waals surface area (Å²) < 4.78 is 0. The first-order valence-electron chi connectivity index (χ1n) is 7.62. The van der Waals surface area contributed by atoms with Crippen LogP contribution in [0.25, 0.3) is 11.1 Å². The number of rotatable bonds is 3. The van der Waals surface area contributed by atoms with Crippen LogP contribution in [0.4, 0.5) is 11.5 Å². The molecule has 0 amide bonds. The van der Waals surface area contributed by atoms with Crippen LogP contribution < -0.4 is 4.90 Å². The maximum atomic E-state index is 4.37. The summed E-state index contributed by atoms with van der Waals surface area (Å²) in [7, 11) is 0. The normalized spacial score (nSPS) is 13.0. The van der Waals surface area contributed by atoms with Crippen LogP contribution in [0.2, 0.25) is 0 Å². The highest BCUT2D eigenvalue weighted by atomic mass is 15.2. The van der Waals surface area contributed by atoms with Crippen molar-refractivity contribution in [3.63, 3.8) is 0 Å². The van der Waals surface area contributed by atoms with Crippen molar-refractivity contribution in [2.75, 3.05) is 11.4 Å². The fourth-order valence-electron chi connectivity index (χ4n) is 2.82. The Labute approximate surface area is 135 Å². The zero-order chi connectivity index (χ0) is 15.5. The first kappa shape index (κ1) is 13.6. The zero-order valence-corrected chi connectivity index (χ0v) is 12.6. The van der Waals surface area contributed by atoms with Gasteiger partial charge in [-0.2, -0.15) is 0 Å². The average Bonchev–Trinajstić information content (AvgIpc) is 2.63. The molecule has 1 aliphatic rings. The SMILES string of the molecule is C1=Nc2ncccc2N(Cc2cccc(-c3ccncc3)c2)C1. The third-order valence-corrected chi connectivity index (χ3v) is 3.94. The van der Waals surface area contributed by atoms with Crippen molar-refractivity contribution in [2.24, 2.45) is 4.99 Å². The van der Waals surface area contributed by atoms with Crippen molar-refractivity contribution in [3.8, 4) is 11.1 Å². The number of aromatic nitrogens is 2. The van der Waals surface area contributed by atoms with Crippen molar-refractivity contribution in [2.45, 2.75) is 6.54 Å². The first-order valence-corrected chi connectivity index (χ1v) is 7.62. The second-order valence-electron chi connectivity index (χ2n) is 5.47. The van der Waals surface area contributed by atoms with E-state index in [9.17, 15) is 0 Å². The summed E-state index contributed by atoms with van der Waals surface area (Å²) in [5.41, 5.74) is 4.75. The number of nitrogens with zero attached hydrogens (tertiary/aromatic N) is 4. The molecule has 0 N–H and O–H groups in total. The Balaban J connectivity index is 1.62. The predicted molar refractivity (Wildman–Crippen MR) is 93.1 cm³/mol. The second kappa shape index (κ2) is 6.01. The van der Waals surface area contributed by atoms with E-state index in [2.05, 4.69) is 50.2 Å². The molecule has 1 aliphatic heterocycles. The van der Waals surface area contributed by atoms with Crippen molar-refractivity contribution in [1.29, 1.82) is 0 Å². The Bertz CT molecular complexity index is 843. The Morgan fingerprint density at radius 1 is 0.913 bits per heavy atom. The Kier molecular flexibility index (Phi) is 3.56. The maximum absolute atomic E-state index is 4.37. The largest absolute Gasteiger partial charge is 0.359 e. The third-order valence-electron chi connectivity index (χ3n) is 3.94. The van der Waals surface area contributed by atoms with Crippen LogP contribution in [0.1, 0.15) is 5.56 Å². The monoisotopic (exact) mass is 300 g/mol. The van der Waals surface area contributed by atoms with Crippen molar-refractivity contribution < 1.29 is 0 Å². The molecule has 4 nitrogen and oxygen atoms in total. The van der Waals surface area contributed by atoms with Crippen LogP contribution in [0, 0.1) is 0 Å². The van der Waals surface area contributed by atoms with Gasteiger partial charge in [0.2, 0.25) is 0 Å². The number of fused-ring (bicyclic) bond motifs is 1. The second-order valence-corrected chi connectivity index (χ2v) is 5.47. The molecule has 0 spiro atoms. The zero-order valence-electron chi connectivity index (χ0n) is 12.6. The molecule has 4 heteroatoms. The van der Waals surface area contributed by atoms with Crippen LogP contribution in [-0.2, 0) is 6.54 Å². The van der Waals surface area contributed by atoms with Gasteiger partial charge in [-0.15, -0.1) is 0 Å². The summed E-state index contributed by atoms with van der Waals surface area (Å²) in [4.78, 5) is 15.1. The summed E-state index contributed by atoms with van der Waals surface area (Å²) in [6, 6.07) is 16.7. The van der Waals surface area contributed by atoms with E-state index >= 15 is 0 Å². The molecule has 3 heterocycles. The lowest BCUT2D eigenvalue weighted by Gasteiger charge is -2.26. The molecular weight excluding hydrogens is 284 g/mol. The van der Waals surface area contributed by atoms with Crippen molar-refractivity contribution in [1.82, 2.24) is 9.97 Å². The standard InChI is InChI=1S/C19H16N4/c1-3-15(13-17(4-1)16-6-9-20-10-7-16)14-23-12-11-22-19-18(23)5-2-8-21-19/h1-11,13H,12,14H2. The Morgan fingerprint density at radius 2 is 1.83 bits per heavy atom. The molecule has 0 saturated heterocycles. The highest BCUT2D eigenvalue weighted by Crippen LogP contribution is 2.29. The van der Waals surface area contributed by atoms with Gasteiger partial charge in [0.1, 0.15) is 0 Å². The van der Waals surface area contributed by atoms with E-state index < -0.39 is 0 Å². The van der Waals surface area contributed by atoms with E-state index in [1.54, 1.807) is 6.20 Å². The molecule has 0 bridgehead atoms. The molecule has 112 valence electrons. The number of hydrogen-bond donors (Lipinski definition) is 0. The van der Waals surface area contributed by atoms with Gasteiger partial charge in [0.25, 0.3) is 0 Å². The highest BCUT2D eigenvalue weighted by molar-refractivity contribution is 5.79. The lowest BCUT2D eigenvalue weighted by Crippen LogP contribution is -2.27. The van der Waals surface area contributed by atoms with Gasteiger partial charge in [-0.25, -0.2) is 9.98 Å². The van der Waals surface area contributed by atoms with Gasteiger partial charge in [-0.3, -0.25) is 4.98 Å². The summed E-state index contributed by atoms with van der Waals surface area (Å²) in [5.74, 6) is 0.795. The number of anilines is 1. The van der Waals surface area contributed by atoms with Gasteiger partial charge in [-0.1, -0.05) is 18.2 Å². The summed E-state index contributed by atoms with van der Waals surface area (Å²) in [6.45, 7) is 1.64. The molecule has 2 aromatic heterocycles. The average molecular weight is 300 g/mol. The summed E-state index contributed by atoms with van der Waals surface area (Å²) >= 11 is 0. The van der Waals surface area contributed by atoms with E-state index in [0.717, 1.165) is 24.6 Å². The van der Waals surface area contributed by atoms with Gasteiger partial charge < -0.3 is 4.90 Å². The Hall–Kier alpha value is -3.01. The molecule has 0 fully saturated rings. The predicted octanol–water partition coefficient (Wildman–Crippen LogP) is 3.87. The lowest BCUT2D eigenvalue weighted by molar-refractivity contribution is 0.875. The molecule has 0 saturated carbocycles. The third kappa shape index (κ3) is 2.83. The minimum Gasteiger partial charge on any atom is -0.359 e. The van der Waals surface area contributed by atoms with Crippen molar-refractivity contribution in [3.05, 3.63) is 72.7 Å². The maximum Gasteiger partial charge on any atom is 0.175 e. The summed E-state index contributed by atoms with van der Waals surface area (Å²) in [5, 5.41) is 0. The van der Waals surface area contributed by atoms with Gasteiger partial charge in [-0.05, 0) is 47.0 Å². The topological polar surface area (TPSA) is 41.4 Å². The molecule has 0 radical (unpaired) electrons. The van der Waals surface area contributed by atoms with E-state index in [0.29, 0.717) is 0 Å². The molecule has 23 heavy (non-hydrogen) atoms. The van der Waals surface area contributed by atoms with Gasteiger partial charge in [0.15, 0.2) is 5.82 Å². The summed E-state index contributed by atoms with van der Waals surface area (Å²) in [6.07, 6.45) is 7.35. The van der Waals surface area contributed by atoms with E-state index in [4.69, 9.17) is 0 Å². The molecule has 1 aromatic carbocycles. The highest BCUT2D eigenvalue weighted by Gasteiger charge is 2.15. The number of aliphatic imine (C=N–C) groups is 1. The fraction of sp³-hybridized carbons (Fsp3) is 0.105. The Morgan fingerprint density at radius 3 is 2.74 bits per heavy atom. The van der Waals surface area contributed by atoms with Crippen LogP contribution in [0.3, 0.4) is 0 Å². The molecular formula is C19H16N4. The van der Waals surface area contributed by atoms with E-state index in [-0.39, 0.29) is 0 Å². The number of benzene rings is 1. The van der Waals surface area contributed by atoms with Crippen LogP contribution in [-0.4, -0.2) is 22.7 Å². The van der Waals surface area contributed by atoms with E-state index in [1.807, 2.05) is 36.8 Å². The molecule has 4 rings (SSSR count).